The second kappa shape index (κ2) is 7.42. The Bertz CT molecular complexity index is 540. The van der Waals surface area contributed by atoms with Gasteiger partial charge >= 0.3 is 5.97 Å². The first-order chi connectivity index (χ1) is 9.81. The molecular weight excluding hydrogens is 272 g/mol. The fourth-order valence-corrected chi connectivity index (χ4v) is 1.60. The number of amides is 2. The minimum atomic E-state index is -1.10. The molecule has 0 aliphatic carbocycles. The lowest BCUT2D eigenvalue weighted by atomic mass is 10.1. The van der Waals surface area contributed by atoms with Crippen molar-refractivity contribution in [1.29, 1.82) is 0 Å². The van der Waals surface area contributed by atoms with Gasteiger partial charge < -0.3 is 15.7 Å². The monoisotopic (exact) mass is 292 g/mol. The van der Waals surface area contributed by atoms with Crippen LogP contribution >= 0.6 is 0 Å². The van der Waals surface area contributed by atoms with Crippen LogP contribution in [0.25, 0.3) is 0 Å². The van der Waals surface area contributed by atoms with Crippen molar-refractivity contribution >= 4 is 17.8 Å². The standard InChI is InChI=1S/C15H20N2O4/c1-9(2)8-16-13(18)10(3)17-14(19)11-5-4-6-12(7-11)15(20)21/h4-7,9-10H,8H2,1-3H3,(H,16,18)(H,17,19)(H,20,21). The van der Waals surface area contributed by atoms with Crippen molar-refractivity contribution in [2.45, 2.75) is 26.8 Å². The minimum Gasteiger partial charge on any atom is -0.478 e. The highest BCUT2D eigenvalue weighted by Crippen LogP contribution is 2.05. The number of rotatable bonds is 6. The third kappa shape index (κ3) is 5.25. The zero-order valence-corrected chi connectivity index (χ0v) is 12.3. The Morgan fingerprint density at radius 3 is 2.33 bits per heavy atom. The second-order valence-electron chi connectivity index (χ2n) is 5.22. The highest BCUT2D eigenvalue weighted by molar-refractivity contribution is 5.99. The maximum atomic E-state index is 12.0. The average Bonchev–Trinajstić information content (AvgIpc) is 2.44. The SMILES string of the molecule is CC(C)CNC(=O)C(C)NC(=O)c1cccc(C(=O)O)c1. The molecule has 0 heterocycles. The van der Waals surface area contributed by atoms with E-state index in [0.717, 1.165) is 0 Å². The minimum absolute atomic E-state index is 0.0274. The van der Waals surface area contributed by atoms with Crippen LogP contribution in [0.4, 0.5) is 0 Å². The Hall–Kier alpha value is -2.37. The molecule has 0 aromatic heterocycles. The quantitative estimate of drug-likeness (QED) is 0.736. The summed E-state index contributed by atoms with van der Waals surface area (Å²) in [6.07, 6.45) is 0. The highest BCUT2D eigenvalue weighted by Gasteiger charge is 2.17. The third-order valence-electron chi connectivity index (χ3n) is 2.80. The topological polar surface area (TPSA) is 95.5 Å². The van der Waals surface area contributed by atoms with Gasteiger partial charge in [0.2, 0.25) is 5.91 Å². The van der Waals surface area contributed by atoms with Gasteiger partial charge in [-0.25, -0.2) is 4.79 Å². The van der Waals surface area contributed by atoms with Gasteiger partial charge in [-0.2, -0.15) is 0 Å². The molecule has 0 fully saturated rings. The first kappa shape index (κ1) is 16.7. The van der Waals surface area contributed by atoms with Gasteiger partial charge in [0.15, 0.2) is 0 Å². The van der Waals surface area contributed by atoms with Crippen LogP contribution in [0.3, 0.4) is 0 Å². The maximum Gasteiger partial charge on any atom is 0.335 e. The first-order valence-electron chi connectivity index (χ1n) is 6.73. The molecule has 0 radical (unpaired) electrons. The lowest BCUT2D eigenvalue weighted by molar-refractivity contribution is -0.122. The number of hydrogen-bond acceptors (Lipinski definition) is 3. The number of carbonyl (C=O) groups excluding carboxylic acids is 2. The highest BCUT2D eigenvalue weighted by atomic mass is 16.4. The molecule has 3 N–H and O–H groups in total. The molecule has 21 heavy (non-hydrogen) atoms. The number of benzene rings is 1. The molecule has 0 saturated carbocycles. The molecule has 0 saturated heterocycles. The van der Waals surface area contributed by atoms with Crippen LogP contribution in [-0.4, -0.2) is 35.5 Å². The van der Waals surface area contributed by atoms with Gasteiger partial charge in [0, 0.05) is 12.1 Å². The molecule has 2 amide bonds. The van der Waals surface area contributed by atoms with Gasteiger partial charge in [0.25, 0.3) is 5.91 Å². The lowest BCUT2D eigenvalue weighted by Gasteiger charge is -2.15. The van der Waals surface area contributed by atoms with E-state index in [2.05, 4.69) is 10.6 Å². The summed E-state index contributed by atoms with van der Waals surface area (Å²) in [6, 6.07) is 4.97. The van der Waals surface area contributed by atoms with Gasteiger partial charge in [-0.1, -0.05) is 19.9 Å². The van der Waals surface area contributed by atoms with Crippen molar-refractivity contribution in [3.05, 3.63) is 35.4 Å². The summed E-state index contributed by atoms with van der Waals surface area (Å²) in [5.74, 6) is -1.53. The number of carbonyl (C=O) groups is 3. The van der Waals surface area contributed by atoms with E-state index in [1.807, 2.05) is 13.8 Å². The Morgan fingerprint density at radius 1 is 1.14 bits per heavy atom. The summed E-state index contributed by atoms with van der Waals surface area (Å²) >= 11 is 0. The van der Waals surface area contributed by atoms with Gasteiger partial charge in [0.1, 0.15) is 6.04 Å². The van der Waals surface area contributed by atoms with E-state index in [-0.39, 0.29) is 17.0 Å². The van der Waals surface area contributed by atoms with Crippen molar-refractivity contribution in [2.75, 3.05) is 6.54 Å². The normalized spacial score (nSPS) is 11.8. The zero-order chi connectivity index (χ0) is 16.0. The van der Waals surface area contributed by atoms with Crippen molar-refractivity contribution in [2.24, 2.45) is 5.92 Å². The number of hydrogen-bond donors (Lipinski definition) is 3. The molecule has 114 valence electrons. The van der Waals surface area contributed by atoms with Crippen LogP contribution in [0, 0.1) is 5.92 Å². The van der Waals surface area contributed by atoms with Crippen LogP contribution in [-0.2, 0) is 4.79 Å². The molecule has 0 aliphatic heterocycles. The molecule has 1 aromatic carbocycles. The zero-order valence-electron chi connectivity index (χ0n) is 12.3. The molecule has 1 atom stereocenters. The summed E-state index contributed by atoms with van der Waals surface area (Å²) in [4.78, 5) is 34.6. The van der Waals surface area contributed by atoms with Gasteiger partial charge in [-0.3, -0.25) is 9.59 Å². The Morgan fingerprint density at radius 2 is 1.76 bits per heavy atom. The van der Waals surface area contributed by atoms with E-state index in [9.17, 15) is 14.4 Å². The predicted molar refractivity (Wildman–Crippen MR) is 78.2 cm³/mol. The fourth-order valence-electron chi connectivity index (χ4n) is 1.60. The Kier molecular flexibility index (Phi) is 5.90. The summed E-state index contributed by atoms with van der Waals surface area (Å²) in [5, 5.41) is 14.1. The maximum absolute atomic E-state index is 12.0. The predicted octanol–water partition coefficient (Wildman–Crippen LogP) is 1.28. The molecule has 1 unspecified atom stereocenters. The Balaban J connectivity index is 2.66. The molecule has 0 bridgehead atoms. The molecule has 1 rings (SSSR count). The van der Waals surface area contributed by atoms with E-state index < -0.39 is 17.9 Å². The van der Waals surface area contributed by atoms with Gasteiger partial charge in [-0.15, -0.1) is 0 Å². The first-order valence-corrected chi connectivity index (χ1v) is 6.73. The number of carboxylic acid groups (broad SMARTS) is 1. The van der Waals surface area contributed by atoms with Crippen LogP contribution < -0.4 is 10.6 Å². The fraction of sp³-hybridized carbons (Fsp3) is 0.400. The van der Waals surface area contributed by atoms with E-state index in [1.54, 1.807) is 6.92 Å². The molecule has 0 spiro atoms. The van der Waals surface area contributed by atoms with E-state index in [1.165, 1.54) is 24.3 Å². The van der Waals surface area contributed by atoms with E-state index in [0.29, 0.717) is 12.5 Å². The van der Waals surface area contributed by atoms with Crippen molar-refractivity contribution < 1.29 is 19.5 Å². The lowest BCUT2D eigenvalue weighted by Crippen LogP contribution is -2.45. The van der Waals surface area contributed by atoms with Crippen LogP contribution in [0.15, 0.2) is 24.3 Å². The average molecular weight is 292 g/mol. The molecular formula is C15H20N2O4. The molecule has 0 aliphatic rings. The largest absolute Gasteiger partial charge is 0.478 e. The van der Waals surface area contributed by atoms with Crippen LogP contribution in [0.2, 0.25) is 0 Å². The number of nitrogens with one attached hydrogen (secondary N) is 2. The van der Waals surface area contributed by atoms with E-state index >= 15 is 0 Å². The number of aromatic carboxylic acids is 1. The van der Waals surface area contributed by atoms with Crippen molar-refractivity contribution in [3.63, 3.8) is 0 Å². The summed E-state index contributed by atoms with van der Waals surface area (Å²) in [5.41, 5.74) is 0.234. The molecule has 1 aromatic rings. The molecule has 6 nitrogen and oxygen atoms in total. The molecule has 6 heteroatoms. The van der Waals surface area contributed by atoms with Crippen LogP contribution in [0.1, 0.15) is 41.5 Å². The number of carboxylic acids is 1. The van der Waals surface area contributed by atoms with Gasteiger partial charge in [0.05, 0.1) is 5.56 Å². The van der Waals surface area contributed by atoms with E-state index in [4.69, 9.17) is 5.11 Å². The second-order valence-corrected chi connectivity index (χ2v) is 5.22. The van der Waals surface area contributed by atoms with Gasteiger partial charge in [-0.05, 0) is 31.0 Å². The smallest absolute Gasteiger partial charge is 0.335 e. The summed E-state index contributed by atoms with van der Waals surface area (Å²) < 4.78 is 0. The van der Waals surface area contributed by atoms with Crippen molar-refractivity contribution in [1.82, 2.24) is 10.6 Å². The third-order valence-corrected chi connectivity index (χ3v) is 2.80. The van der Waals surface area contributed by atoms with Crippen LogP contribution in [0.5, 0.6) is 0 Å². The Labute approximate surface area is 123 Å². The summed E-state index contributed by atoms with van der Waals surface area (Å²) in [7, 11) is 0. The van der Waals surface area contributed by atoms with Crippen molar-refractivity contribution in [3.8, 4) is 0 Å². The summed E-state index contributed by atoms with van der Waals surface area (Å²) in [6.45, 7) is 6.06.